The van der Waals surface area contributed by atoms with Gasteiger partial charge in [0.2, 0.25) is 5.91 Å². The first-order valence-corrected chi connectivity index (χ1v) is 8.80. The van der Waals surface area contributed by atoms with Crippen molar-refractivity contribution < 1.29 is 32.6 Å². The van der Waals surface area contributed by atoms with Gasteiger partial charge in [-0.25, -0.2) is 0 Å². The second-order valence-electron chi connectivity index (χ2n) is 7.81. The molecule has 1 saturated carbocycles. The molecule has 1 aromatic carbocycles. The van der Waals surface area contributed by atoms with Crippen molar-refractivity contribution in [2.75, 3.05) is 16.8 Å². The second-order valence-corrected chi connectivity index (χ2v) is 7.81. The minimum absolute atomic E-state index is 0.174. The van der Waals surface area contributed by atoms with Crippen LogP contribution in [0.4, 0.5) is 29.3 Å². The molecule has 1 heterocycles. The number of nitrogens with one attached hydrogen (secondary N) is 1. The summed E-state index contributed by atoms with van der Waals surface area (Å²) in [5.41, 5.74) is 2.37. The number of nitrogens with zero attached hydrogens (tertiary/aromatic N) is 1. The third-order valence-electron chi connectivity index (χ3n) is 5.47. The third-order valence-corrected chi connectivity index (χ3v) is 5.47. The Morgan fingerprint density at radius 2 is 2.00 bits per heavy atom. The fraction of sp³-hybridized carbons (Fsp3) is 0.556. The number of carbonyl (C=O) groups is 2. The number of primary amides is 1. The highest BCUT2D eigenvalue weighted by Crippen LogP contribution is 2.50. The molecule has 2 aliphatic rings. The maximum atomic E-state index is 13.3. The third kappa shape index (κ3) is 3.43. The molecule has 1 aliphatic heterocycles. The fourth-order valence-corrected chi connectivity index (χ4v) is 3.38. The number of carbonyl (C=O) groups excluding carboxylic acids is 2. The Bertz CT molecular complexity index is 806. The maximum absolute atomic E-state index is 13.3. The lowest BCUT2D eigenvalue weighted by molar-refractivity contribution is -0.254. The number of amides is 2. The van der Waals surface area contributed by atoms with Gasteiger partial charge in [-0.1, -0.05) is 0 Å². The van der Waals surface area contributed by atoms with Crippen molar-refractivity contribution in [3.63, 3.8) is 0 Å². The number of fused-ring (bicyclic) bond motifs is 1. The predicted octanol–water partition coefficient (Wildman–Crippen LogP) is 2.01. The molecule has 3 rings (SSSR count). The van der Waals surface area contributed by atoms with Crippen LogP contribution in [0.2, 0.25) is 0 Å². The normalized spacial score (nSPS) is 20.4. The van der Waals surface area contributed by atoms with E-state index < -0.39 is 23.2 Å². The first-order valence-electron chi connectivity index (χ1n) is 8.80. The van der Waals surface area contributed by atoms with E-state index in [9.17, 15) is 27.9 Å². The molecule has 0 saturated heterocycles. The van der Waals surface area contributed by atoms with Gasteiger partial charge in [0.25, 0.3) is 0 Å². The highest BCUT2D eigenvalue weighted by Gasteiger charge is 2.53. The average Bonchev–Trinajstić information content (AvgIpc) is 3.34. The van der Waals surface area contributed by atoms with Crippen LogP contribution in [0.3, 0.4) is 0 Å². The Morgan fingerprint density at radius 3 is 2.50 bits per heavy atom. The molecule has 1 aromatic rings. The summed E-state index contributed by atoms with van der Waals surface area (Å²) in [6.07, 6.45) is -5.22. The number of rotatable bonds is 5. The summed E-state index contributed by atoms with van der Waals surface area (Å²) >= 11 is 0. The zero-order chi connectivity index (χ0) is 20.9. The first kappa shape index (κ1) is 20.1. The number of alkyl halides is 3. The van der Waals surface area contributed by atoms with E-state index in [-0.39, 0.29) is 22.6 Å². The number of hydrogen-bond donors (Lipinski definition) is 2. The zero-order valence-corrected chi connectivity index (χ0v) is 15.4. The van der Waals surface area contributed by atoms with E-state index in [2.05, 4.69) is 5.32 Å². The number of benzene rings is 1. The van der Waals surface area contributed by atoms with Crippen molar-refractivity contribution in [2.45, 2.75) is 50.9 Å². The zero-order valence-electron chi connectivity index (χ0n) is 15.4. The topological polar surface area (TPSA) is 108 Å². The van der Waals surface area contributed by atoms with Gasteiger partial charge < -0.3 is 30.6 Å². The SMILES string of the molecule is CC(C)(N(C(=O)[O-])c1ccc2c(c1)NC[C@H](CC1(C(N)=O)CC1)O2)C(F)(F)F. The van der Waals surface area contributed by atoms with E-state index in [0.29, 0.717) is 37.2 Å². The van der Waals surface area contributed by atoms with Gasteiger partial charge in [0.05, 0.1) is 17.6 Å². The molecule has 1 fully saturated rings. The molecule has 10 heteroatoms. The van der Waals surface area contributed by atoms with Crippen molar-refractivity contribution in [1.82, 2.24) is 0 Å². The summed E-state index contributed by atoms with van der Waals surface area (Å²) in [5.74, 6) is -0.000361. The monoisotopic (exact) mass is 400 g/mol. The summed E-state index contributed by atoms with van der Waals surface area (Å²) in [6, 6.07) is 3.90. The van der Waals surface area contributed by atoms with Gasteiger partial charge in [-0.05, 0) is 44.9 Å². The number of ether oxygens (including phenoxy) is 1. The van der Waals surface area contributed by atoms with Crippen LogP contribution in [0.1, 0.15) is 33.1 Å². The summed E-state index contributed by atoms with van der Waals surface area (Å²) < 4.78 is 45.8. The van der Waals surface area contributed by atoms with Gasteiger partial charge in [0, 0.05) is 12.1 Å². The Labute approximate surface area is 159 Å². The number of nitrogens with two attached hydrogens (primary N) is 1. The lowest BCUT2D eigenvalue weighted by Crippen LogP contribution is -2.60. The van der Waals surface area contributed by atoms with E-state index >= 15 is 0 Å². The summed E-state index contributed by atoms with van der Waals surface area (Å²) in [7, 11) is 0. The average molecular weight is 400 g/mol. The Kier molecular flexibility index (Phi) is 4.63. The molecule has 0 unspecified atom stereocenters. The predicted molar refractivity (Wildman–Crippen MR) is 92.8 cm³/mol. The van der Waals surface area contributed by atoms with E-state index in [1.807, 2.05) is 0 Å². The highest BCUT2D eigenvalue weighted by atomic mass is 19.4. The number of carboxylic acid groups (broad SMARTS) is 1. The Morgan fingerprint density at radius 1 is 1.36 bits per heavy atom. The Hall–Kier alpha value is -2.65. The van der Waals surface area contributed by atoms with E-state index in [0.717, 1.165) is 13.8 Å². The van der Waals surface area contributed by atoms with Crippen LogP contribution in [0.25, 0.3) is 0 Å². The van der Waals surface area contributed by atoms with Crippen molar-refractivity contribution in [3.05, 3.63) is 18.2 Å². The van der Waals surface area contributed by atoms with Crippen LogP contribution >= 0.6 is 0 Å². The quantitative estimate of drug-likeness (QED) is 0.786. The number of anilines is 2. The molecule has 3 N–H and O–H groups in total. The highest BCUT2D eigenvalue weighted by molar-refractivity contribution is 5.88. The molecule has 28 heavy (non-hydrogen) atoms. The summed E-state index contributed by atoms with van der Waals surface area (Å²) in [6.45, 7) is 1.85. The summed E-state index contributed by atoms with van der Waals surface area (Å²) in [4.78, 5) is 23.2. The van der Waals surface area contributed by atoms with Gasteiger partial charge in [0.15, 0.2) is 0 Å². The molecule has 0 bridgehead atoms. The largest absolute Gasteiger partial charge is 0.530 e. The molecule has 1 atom stereocenters. The standard InChI is InChI=1S/C18H22F3N3O4/c1-16(2,18(19,20)21)24(15(26)27)10-3-4-13-12(7-10)23-9-11(28-13)8-17(5-6-17)14(22)25/h3-4,7,11,23H,5-6,8-9H2,1-2H3,(H2,22,25)(H,26,27)/p-1/t11-/m0/s1. The van der Waals surface area contributed by atoms with Gasteiger partial charge in [-0.3, -0.25) is 4.79 Å². The van der Waals surface area contributed by atoms with E-state index in [1.54, 1.807) is 0 Å². The van der Waals surface area contributed by atoms with Gasteiger partial charge >= 0.3 is 6.18 Å². The minimum atomic E-state index is -4.80. The van der Waals surface area contributed by atoms with Crippen LogP contribution < -0.4 is 25.8 Å². The van der Waals surface area contributed by atoms with Crippen molar-refractivity contribution in [1.29, 1.82) is 0 Å². The first-order chi connectivity index (χ1) is 12.9. The summed E-state index contributed by atoms with van der Waals surface area (Å²) in [5, 5.41) is 14.5. The maximum Gasteiger partial charge on any atom is 0.411 e. The molecule has 1 aliphatic carbocycles. The van der Waals surface area contributed by atoms with Gasteiger partial charge in [0.1, 0.15) is 23.5 Å². The van der Waals surface area contributed by atoms with Gasteiger partial charge in [-0.15, -0.1) is 0 Å². The van der Waals surface area contributed by atoms with Crippen LogP contribution in [-0.2, 0) is 4.79 Å². The molecule has 2 amide bonds. The Balaban J connectivity index is 1.82. The fourth-order valence-electron chi connectivity index (χ4n) is 3.38. The van der Waals surface area contributed by atoms with Crippen LogP contribution in [-0.4, -0.2) is 36.4 Å². The van der Waals surface area contributed by atoms with Crippen molar-refractivity contribution in [2.24, 2.45) is 11.1 Å². The lowest BCUT2D eigenvalue weighted by atomic mass is 9.96. The lowest BCUT2D eigenvalue weighted by Gasteiger charge is -2.42. The van der Waals surface area contributed by atoms with E-state index in [4.69, 9.17) is 10.5 Å². The second kappa shape index (κ2) is 6.46. The van der Waals surface area contributed by atoms with Crippen molar-refractivity contribution >= 4 is 23.4 Å². The molecular formula is C18H21F3N3O4-. The van der Waals surface area contributed by atoms with E-state index in [1.165, 1.54) is 18.2 Å². The molecule has 7 nitrogen and oxygen atoms in total. The smallest absolute Gasteiger partial charge is 0.411 e. The van der Waals surface area contributed by atoms with Crippen LogP contribution in [0.15, 0.2) is 18.2 Å². The molecule has 0 spiro atoms. The molecule has 0 radical (unpaired) electrons. The van der Waals surface area contributed by atoms with Crippen LogP contribution in [0.5, 0.6) is 5.75 Å². The van der Waals surface area contributed by atoms with Crippen LogP contribution in [0, 0.1) is 5.41 Å². The molecule has 0 aromatic heterocycles. The minimum Gasteiger partial charge on any atom is -0.530 e. The number of hydrogen-bond acceptors (Lipinski definition) is 5. The molecule has 154 valence electrons. The van der Waals surface area contributed by atoms with Gasteiger partial charge in [-0.2, -0.15) is 13.2 Å². The number of halogens is 3. The molecular weight excluding hydrogens is 379 g/mol. The van der Waals surface area contributed by atoms with Crippen molar-refractivity contribution in [3.8, 4) is 5.75 Å².